The highest BCUT2D eigenvalue weighted by molar-refractivity contribution is 8.03. The van der Waals surface area contributed by atoms with Gasteiger partial charge in [-0.3, -0.25) is 0 Å². The Kier molecular flexibility index (Phi) is 1.68. The molecule has 2 aliphatic rings. The van der Waals surface area contributed by atoms with E-state index >= 15 is 0 Å². The van der Waals surface area contributed by atoms with Crippen molar-refractivity contribution in [3.05, 3.63) is 34.8 Å². The maximum absolute atomic E-state index is 2.37. The summed E-state index contributed by atoms with van der Waals surface area (Å²) < 4.78 is 0. The Labute approximate surface area is 72.1 Å². The van der Waals surface area contributed by atoms with Crippen molar-refractivity contribution >= 4 is 11.8 Å². The van der Waals surface area contributed by atoms with E-state index in [9.17, 15) is 0 Å². The lowest BCUT2D eigenvalue weighted by Crippen LogP contribution is -2.12. The van der Waals surface area contributed by atoms with Crippen LogP contribution in [0.3, 0.4) is 0 Å². The zero-order chi connectivity index (χ0) is 7.84. The van der Waals surface area contributed by atoms with Crippen LogP contribution in [0.25, 0.3) is 0 Å². The molecule has 2 unspecified atom stereocenters. The topological polar surface area (TPSA) is 0 Å². The molecule has 0 spiro atoms. The minimum absolute atomic E-state index is 0.685. The Morgan fingerprint density at radius 1 is 1.36 bits per heavy atom. The van der Waals surface area contributed by atoms with E-state index in [0.29, 0.717) is 11.2 Å². The summed E-state index contributed by atoms with van der Waals surface area (Å²) in [4.78, 5) is 0. The van der Waals surface area contributed by atoms with Crippen LogP contribution in [0.4, 0.5) is 0 Å². The molecule has 1 heteroatoms. The van der Waals surface area contributed by atoms with Crippen molar-refractivity contribution in [2.24, 2.45) is 5.92 Å². The normalized spacial score (nSPS) is 34.7. The first kappa shape index (κ1) is 7.23. The molecule has 0 saturated carbocycles. The van der Waals surface area contributed by atoms with E-state index in [4.69, 9.17) is 0 Å². The first-order valence-electron chi connectivity index (χ1n) is 3.96. The summed E-state index contributed by atoms with van der Waals surface area (Å²) in [6, 6.07) is 0. The van der Waals surface area contributed by atoms with Crippen molar-refractivity contribution in [2.75, 3.05) is 0 Å². The number of allylic oxidation sites excluding steroid dienone is 4. The van der Waals surface area contributed by atoms with Gasteiger partial charge in [-0.05, 0) is 19.3 Å². The largest absolute Gasteiger partial charge is 0.126 e. The molecule has 1 heterocycles. The fourth-order valence-corrected chi connectivity index (χ4v) is 2.75. The lowest BCUT2D eigenvalue weighted by Gasteiger charge is -2.18. The zero-order valence-corrected chi connectivity index (χ0v) is 7.69. The monoisotopic (exact) mass is 164 g/mol. The molecule has 0 amide bonds. The zero-order valence-electron chi connectivity index (χ0n) is 6.87. The molecule has 0 fully saturated rings. The molecule has 0 N–H and O–H groups in total. The SMILES string of the molecule is CC1=CC2C(C)=CSC2C=C1. The van der Waals surface area contributed by atoms with Crippen molar-refractivity contribution in [2.45, 2.75) is 19.1 Å². The second kappa shape index (κ2) is 2.56. The van der Waals surface area contributed by atoms with Crippen molar-refractivity contribution < 1.29 is 0 Å². The van der Waals surface area contributed by atoms with Gasteiger partial charge in [-0.15, -0.1) is 11.8 Å². The predicted octanol–water partition coefficient (Wildman–Crippen LogP) is 3.14. The van der Waals surface area contributed by atoms with Crippen LogP contribution in [0.15, 0.2) is 34.8 Å². The first-order valence-corrected chi connectivity index (χ1v) is 4.90. The van der Waals surface area contributed by atoms with Crippen molar-refractivity contribution in [1.29, 1.82) is 0 Å². The summed E-state index contributed by atoms with van der Waals surface area (Å²) in [5.74, 6) is 0.685. The van der Waals surface area contributed by atoms with Gasteiger partial charge in [0.1, 0.15) is 0 Å². The molecular formula is C10H12S. The summed E-state index contributed by atoms with van der Waals surface area (Å²) >= 11 is 1.94. The highest BCUT2D eigenvalue weighted by Crippen LogP contribution is 2.39. The quantitative estimate of drug-likeness (QED) is 0.530. The molecule has 11 heavy (non-hydrogen) atoms. The van der Waals surface area contributed by atoms with E-state index in [2.05, 4.69) is 37.5 Å². The Morgan fingerprint density at radius 3 is 3.00 bits per heavy atom. The van der Waals surface area contributed by atoms with Gasteiger partial charge in [-0.25, -0.2) is 0 Å². The van der Waals surface area contributed by atoms with Crippen LogP contribution in [0.5, 0.6) is 0 Å². The van der Waals surface area contributed by atoms with E-state index in [0.717, 1.165) is 0 Å². The second-order valence-corrected chi connectivity index (χ2v) is 4.31. The Morgan fingerprint density at radius 2 is 2.18 bits per heavy atom. The van der Waals surface area contributed by atoms with E-state index in [1.807, 2.05) is 11.8 Å². The lowest BCUT2D eigenvalue weighted by molar-refractivity contribution is 0.792. The number of thioether (sulfide) groups is 1. The van der Waals surface area contributed by atoms with Crippen LogP contribution >= 0.6 is 11.8 Å². The number of hydrogen-bond donors (Lipinski definition) is 0. The van der Waals surface area contributed by atoms with E-state index in [-0.39, 0.29) is 0 Å². The van der Waals surface area contributed by atoms with Crippen LogP contribution in [-0.2, 0) is 0 Å². The maximum atomic E-state index is 2.37. The highest BCUT2D eigenvalue weighted by atomic mass is 32.2. The van der Waals surface area contributed by atoms with Gasteiger partial charge < -0.3 is 0 Å². The fraction of sp³-hybridized carbons (Fsp3) is 0.400. The molecule has 2 atom stereocenters. The van der Waals surface area contributed by atoms with Crippen molar-refractivity contribution in [1.82, 2.24) is 0 Å². The molecule has 0 aromatic rings. The third-order valence-electron chi connectivity index (χ3n) is 2.28. The molecule has 58 valence electrons. The van der Waals surface area contributed by atoms with Crippen LogP contribution in [-0.4, -0.2) is 5.25 Å². The smallest absolute Gasteiger partial charge is 0.0372 e. The Bertz CT molecular complexity index is 258. The van der Waals surface area contributed by atoms with Gasteiger partial charge >= 0.3 is 0 Å². The lowest BCUT2D eigenvalue weighted by atomic mass is 9.91. The molecule has 0 nitrogen and oxygen atoms in total. The van der Waals surface area contributed by atoms with E-state index in [1.165, 1.54) is 11.1 Å². The maximum Gasteiger partial charge on any atom is 0.0372 e. The van der Waals surface area contributed by atoms with Crippen LogP contribution in [0.2, 0.25) is 0 Å². The van der Waals surface area contributed by atoms with Gasteiger partial charge in [0.05, 0.1) is 0 Å². The molecule has 0 aromatic carbocycles. The molecule has 0 aromatic heterocycles. The summed E-state index contributed by atoms with van der Waals surface area (Å²) in [5, 5.41) is 2.98. The third-order valence-corrected chi connectivity index (χ3v) is 3.55. The minimum atomic E-state index is 0.685. The molecule has 0 radical (unpaired) electrons. The molecule has 0 bridgehead atoms. The second-order valence-electron chi connectivity index (χ2n) is 3.26. The third kappa shape index (κ3) is 1.18. The molecular weight excluding hydrogens is 152 g/mol. The number of fused-ring (bicyclic) bond motifs is 1. The van der Waals surface area contributed by atoms with Gasteiger partial charge in [-0.1, -0.05) is 29.4 Å². The first-order chi connectivity index (χ1) is 5.27. The fourth-order valence-electron chi connectivity index (χ4n) is 1.58. The van der Waals surface area contributed by atoms with Crippen molar-refractivity contribution in [3.63, 3.8) is 0 Å². The Balaban J connectivity index is 2.29. The molecule has 0 saturated heterocycles. The Hall–Kier alpha value is -0.430. The molecule has 2 rings (SSSR count). The number of rotatable bonds is 0. The summed E-state index contributed by atoms with van der Waals surface area (Å²) in [7, 11) is 0. The average molecular weight is 164 g/mol. The van der Waals surface area contributed by atoms with Crippen LogP contribution in [0, 0.1) is 5.92 Å². The number of hydrogen-bond acceptors (Lipinski definition) is 1. The highest BCUT2D eigenvalue weighted by Gasteiger charge is 2.25. The summed E-state index contributed by atoms with van der Waals surface area (Å²) in [5.41, 5.74) is 2.92. The molecule has 1 aliphatic carbocycles. The van der Waals surface area contributed by atoms with Crippen LogP contribution < -0.4 is 0 Å². The van der Waals surface area contributed by atoms with Crippen molar-refractivity contribution in [3.8, 4) is 0 Å². The average Bonchev–Trinajstić information content (AvgIpc) is 2.33. The minimum Gasteiger partial charge on any atom is -0.126 e. The summed E-state index contributed by atoms with van der Waals surface area (Å²) in [6.45, 7) is 4.39. The van der Waals surface area contributed by atoms with Gasteiger partial charge in [0.15, 0.2) is 0 Å². The van der Waals surface area contributed by atoms with Gasteiger partial charge in [0.2, 0.25) is 0 Å². The predicted molar refractivity (Wildman–Crippen MR) is 51.5 cm³/mol. The standard InChI is InChI=1S/C10H12S/c1-7-3-4-10-9(5-7)8(2)6-11-10/h3-6,9-10H,1-2H3. The van der Waals surface area contributed by atoms with E-state index in [1.54, 1.807) is 0 Å². The van der Waals surface area contributed by atoms with Gasteiger partial charge in [0.25, 0.3) is 0 Å². The molecule has 1 aliphatic heterocycles. The van der Waals surface area contributed by atoms with Gasteiger partial charge in [-0.2, -0.15) is 0 Å². The van der Waals surface area contributed by atoms with Gasteiger partial charge in [0, 0.05) is 11.2 Å². The van der Waals surface area contributed by atoms with Crippen LogP contribution in [0.1, 0.15) is 13.8 Å². The summed E-state index contributed by atoms with van der Waals surface area (Å²) in [6.07, 6.45) is 6.91. The van der Waals surface area contributed by atoms with E-state index < -0.39 is 0 Å².